The first-order chi connectivity index (χ1) is 18.6. The van der Waals surface area contributed by atoms with Crippen molar-refractivity contribution in [2.75, 3.05) is 20.4 Å². The Morgan fingerprint density at radius 3 is 2.66 bits per heavy atom. The number of halogens is 1. The zero-order valence-electron chi connectivity index (χ0n) is 21.6. The van der Waals surface area contributed by atoms with E-state index in [0.717, 1.165) is 60.1 Å². The average molecular weight is 536 g/mol. The van der Waals surface area contributed by atoms with Gasteiger partial charge in [0.1, 0.15) is 12.0 Å². The number of ether oxygens (including phenoxy) is 3. The topological polar surface area (TPSA) is 76.1 Å². The minimum Gasteiger partial charge on any atom is -0.497 e. The Balaban J connectivity index is 1.16. The number of aromatic nitrogens is 1. The summed E-state index contributed by atoms with van der Waals surface area (Å²) in [7, 11) is 1.64. The molecule has 4 unspecified atom stereocenters. The summed E-state index contributed by atoms with van der Waals surface area (Å²) < 4.78 is 16.6. The molecular formula is C30H34ClN3O4. The van der Waals surface area contributed by atoms with Crippen molar-refractivity contribution in [1.82, 2.24) is 15.2 Å². The number of aliphatic hydroxyl groups excluding tert-OH is 1. The van der Waals surface area contributed by atoms with Gasteiger partial charge in [-0.25, -0.2) is 0 Å². The first kappa shape index (κ1) is 25.4. The minimum absolute atomic E-state index is 0.0680. The molecule has 0 radical (unpaired) electrons. The molecule has 8 heteroatoms. The van der Waals surface area contributed by atoms with E-state index in [0.29, 0.717) is 29.7 Å². The molecule has 4 atom stereocenters. The monoisotopic (exact) mass is 535 g/mol. The number of pyridine rings is 1. The van der Waals surface area contributed by atoms with Crippen LogP contribution in [-0.2, 0) is 15.9 Å². The molecule has 2 fully saturated rings. The number of hydrogen-bond donors (Lipinski definition) is 2. The first-order valence-electron chi connectivity index (χ1n) is 13.4. The summed E-state index contributed by atoms with van der Waals surface area (Å²) in [6.45, 7) is 0.829. The van der Waals surface area contributed by atoms with Crippen molar-refractivity contribution in [3.8, 4) is 5.75 Å². The maximum absolute atomic E-state index is 11.4. The Labute approximate surface area is 228 Å². The van der Waals surface area contributed by atoms with Crippen molar-refractivity contribution in [3.63, 3.8) is 0 Å². The van der Waals surface area contributed by atoms with Crippen LogP contribution in [0, 0.1) is 0 Å². The largest absolute Gasteiger partial charge is 0.497 e. The highest BCUT2D eigenvalue weighted by molar-refractivity contribution is 6.32. The van der Waals surface area contributed by atoms with Crippen LogP contribution in [0.4, 0.5) is 0 Å². The summed E-state index contributed by atoms with van der Waals surface area (Å²) in [5.41, 5.74) is 2.79. The van der Waals surface area contributed by atoms with Crippen molar-refractivity contribution >= 4 is 22.5 Å². The van der Waals surface area contributed by atoms with Crippen molar-refractivity contribution in [2.45, 2.75) is 62.4 Å². The van der Waals surface area contributed by atoms with Crippen LogP contribution in [0.2, 0.25) is 5.02 Å². The highest BCUT2D eigenvalue weighted by Gasteiger charge is 2.42. The molecule has 200 valence electrons. The molecule has 0 amide bonds. The molecule has 2 saturated heterocycles. The Morgan fingerprint density at radius 2 is 1.95 bits per heavy atom. The molecule has 38 heavy (non-hydrogen) atoms. The Hall–Kier alpha value is -2.84. The lowest BCUT2D eigenvalue weighted by atomic mass is 9.94. The third kappa shape index (κ3) is 5.21. The number of aliphatic hydroxyl groups is 1. The smallest absolute Gasteiger partial charge is 0.229 e. The highest BCUT2D eigenvalue weighted by atomic mass is 35.5. The van der Waals surface area contributed by atoms with Gasteiger partial charge in [0, 0.05) is 41.8 Å². The molecule has 2 aromatic carbocycles. The van der Waals surface area contributed by atoms with Gasteiger partial charge in [0.25, 0.3) is 0 Å². The van der Waals surface area contributed by atoms with Crippen LogP contribution >= 0.6 is 11.6 Å². The van der Waals surface area contributed by atoms with E-state index in [9.17, 15) is 5.11 Å². The molecule has 0 saturated carbocycles. The van der Waals surface area contributed by atoms with Gasteiger partial charge < -0.3 is 24.6 Å². The van der Waals surface area contributed by atoms with Gasteiger partial charge in [-0.05, 0) is 55.9 Å². The number of benzene rings is 2. The summed E-state index contributed by atoms with van der Waals surface area (Å²) in [5, 5.41) is 16.7. The number of piperidine rings is 1. The molecule has 2 N–H and O–H groups in total. The van der Waals surface area contributed by atoms with E-state index in [1.165, 1.54) is 5.56 Å². The van der Waals surface area contributed by atoms with Gasteiger partial charge in [0.05, 0.1) is 29.8 Å². The normalized spacial score (nSPS) is 24.5. The standard InChI is InChI=1S/C30H34ClN3O4/c1-36-23-9-10-26-24(14-23)30(25(31)15-32-26)28(35)16-34-21-7-8-22(34)13-20(12-21)33-27(29-17-37-18-38-29)11-19-5-3-2-4-6-19/h2-6,9-10,14-15,17,20-22,27-28,33,35H,7-8,11-13,16,18H2,1H3. The van der Waals surface area contributed by atoms with Crippen molar-refractivity contribution < 1.29 is 19.3 Å². The maximum Gasteiger partial charge on any atom is 0.229 e. The predicted molar refractivity (Wildman–Crippen MR) is 147 cm³/mol. The zero-order valence-corrected chi connectivity index (χ0v) is 22.3. The lowest BCUT2D eigenvalue weighted by molar-refractivity contribution is 0.0474. The van der Waals surface area contributed by atoms with Gasteiger partial charge in [-0.1, -0.05) is 41.9 Å². The van der Waals surface area contributed by atoms with Crippen LogP contribution in [0.15, 0.2) is 66.7 Å². The Bertz CT molecular complexity index is 1290. The fraction of sp³-hybridized carbons (Fsp3) is 0.433. The molecule has 4 heterocycles. The van der Waals surface area contributed by atoms with Gasteiger partial charge in [0.2, 0.25) is 6.79 Å². The molecule has 6 rings (SSSR count). The predicted octanol–water partition coefficient (Wildman–Crippen LogP) is 4.97. The van der Waals surface area contributed by atoms with Crippen LogP contribution in [0.5, 0.6) is 5.75 Å². The summed E-state index contributed by atoms with van der Waals surface area (Å²) in [5.74, 6) is 1.59. The van der Waals surface area contributed by atoms with E-state index >= 15 is 0 Å². The number of rotatable bonds is 9. The highest BCUT2D eigenvalue weighted by Crippen LogP contribution is 2.39. The maximum atomic E-state index is 11.4. The van der Waals surface area contributed by atoms with E-state index < -0.39 is 6.10 Å². The fourth-order valence-corrected chi connectivity index (χ4v) is 6.72. The van der Waals surface area contributed by atoms with Crippen molar-refractivity contribution in [2.24, 2.45) is 0 Å². The van der Waals surface area contributed by atoms with Gasteiger partial charge in [-0.3, -0.25) is 9.88 Å². The van der Waals surface area contributed by atoms with Crippen LogP contribution in [-0.4, -0.2) is 59.6 Å². The third-order valence-electron chi connectivity index (χ3n) is 8.23. The number of fused-ring (bicyclic) bond motifs is 3. The van der Waals surface area contributed by atoms with E-state index in [-0.39, 0.29) is 12.8 Å². The number of methoxy groups -OCH3 is 1. The summed E-state index contributed by atoms with van der Waals surface area (Å²) in [4.78, 5) is 6.94. The van der Waals surface area contributed by atoms with Gasteiger partial charge in [-0.2, -0.15) is 0 Å². The molecule has 1 aromatic heterocycles. The Kier molecular flexibility index (Phi) is 7.43. The molecule has 0 aliphatic carbocycles. The van der Waals surface area contributed by atoms with Gasteiger partial charge >= 0.3 is 0 Å². The van der Waals surface area contributed by atoms with Crippen LogP contribution < -0.4 is 10.1 Å². The van der Waals surface area contributed by atoms with Crippen molar-refractivity contribution in [3.05, 3.63) is 82.9 Å². The average Bonchev–Trinajstić information content (AvgIpc) is 3.54. The Morgan fingerprint density at radius 1 is 1.16 bits per heavy atom. The molecule has 7 nitrogen and oxygen atoms in total. The molecular weight excluding hydrogens is 502 g/mol. The third-order valence-corrected chi connectivity index (χ3v) is 8.53. The second kappa shape index (κ2) is 11.1. The quantitative estimate of drug-likeness (QED) is 0.400. The summed E-state index contributed by atoms with van der Waals surface area (Å²) >= 11 is 6.59. The number of nitrogens with zero attached hydrogens (tertiary/aromatic N) is 2. The van der Waals surface area contributed by atoms with E-state index in [2.05, 4.69) is 39.5 Å². The van der Waals surface area contributed by atoms with Crippen LogP contribution in [0.3, 0.4) is 0 Å². The first-order valence-corrected chi connectivity index (χ1v) is 13.8. The second-order valence-electron chi connectivity index (χ2n) is 10.5. The number of nitrogens with one attached hydrogen (secondary N) is 1. The molecule has 2 bridgehead atoms. The summed E-state index contributed by atoms with van der Waals surface area (Å²) in [6, 6.07) is 17.5. The SMILES string of the molecule is COc1ccc2ncc(Cl)c(C(O)CN3C4CCC3CC(NC(Cc3ccccc3)C3=COCO3)C4)c2c1. The fourth-order valence-electron chi connectivity index (χ4n) is 6.44. The lowest BCUT2D eigenvalue weighted by Gasteiger charge is -2.41. The van der Waals surface area contributed by atoms with Crippen LogP contribution in [0.25, 0.3) is 10.9 Å². The molecule has 0 spiro atoms. The van der Waals surface area contributed by atoms with Crippen LogP contribution in [0.1, 0.15) is 42.9 Å². The lowest BCUT2D eigenvalue weighted by Crippen LogP contribution is -2.52. The zero-order chi connectivity index (χ0) is 26.1. The molecule has 3 aliphatic heterocycles. The van der Waals surface area contributed by atoms with E-state index in [4.69, 9.17) is 25.8 Å². The second-order valence-corrected chi connectivity index (χ2v) is 10.9. The van der Waals surface area contributed by atoms with E-state index in [1.54, 1.807) is 19.6 Å². The van der Waals surface area contributed by atoms with E-state index in [1.807, 2.05) is 24.3 Å². The summed E-state index contributed by atoms with van der Waals surface area (Å²) in [6.07, 6.45) is 7.85. The van der Waals surface area contributed by atoms with Crippen molar-refractivity contribution in [1.29, 1.82) is 0 Å². The van der Waals surface area contributed by atoms with Gasteiger partial charge in [0.15, 0.2) is 5.76 Å². The number of hydrogen-bond acceptors (Lipinski definition) is 7. The van der Waals surface area contributed by atoms with Gasteiger partial charge in [-0.15, -0.1) is 0 Å². The minimum atomic E-state index is -0.715. The molecule has 3 aliphatic rings. The molecule has 3 aromatic rings.